The molecule has 4 rings (SSSR count). The largest absolute Gasteiger partial charge is 0.465 e. The number of nitrogens with one attached hydrogen (secondary N) is 10. The lowest BCUT2D eigenvalue weighted by Gasteiger charge is -2.12. The van der Waals surface area contributed by atoms with Crippen LogP contribution < -0.4 is 53.4 Å². The third-order valence-electron chi connectivity index (χ3n) is 8.92. The highest BCUT2D eigenvalue weighted by Gasteiger charge is 2.18. The molecule has 22 heteroatoms. The molecule has 332 valence electrons. The molecule has 2 atom stereocenters. The lowest BCUT2D eigenvalue weighted by Crippen LogP contribution is -2.43. The number of aromatic nitrogens is 2. The quantitative estimate of drug-likeness (QED) is 0.0270. The number of carbonyl (C=O) groups excluding carboxylic acids is 8. The smallest absolute Gasteiger partial charge is 0.322 e. The zero-order chi connectivity index (χ0) is 45.3. The van der Waals surface area contributed by atoms with Gasteiger partial charge in [-0.15, -0.1) is 0 Å². The molecule has 0 saturated heterocycles. The van der Waals surface area contributed by atoms with Crippen LogP contribution in [0.1, 0.15) is 27.7 Å². The fourth-order valence-electron chi connectivity index (χ4n) is 5.73. The van der Waals surface area contributed by atoms with E-state index in [-0.39, 0.29) is 97.2 Å². The molecule has 10 N–H and O–H groups in total. The fourth-order valence-corrected chi connectivity index (χ4v) is 5.73. The summed E-state index contributed by atoms with van der Waals surface area (Å²) in [5, 5.41) is 21.2. The van der Waals surface area contributed by atoms with E-state index in [2.05, 4.69) is 52.5 Å². The molecule has 2 aromatic heterocycles. The van der Waals surface area contributed by atoms with Crippen LogP contribution in [0.5, 0.6) is 0 Å². The number of fused-ring (bicyclic) bond motifs is 3. The second kappa shape index (κ2) is 23.2. The lowest BCUT2D eigenvalue weighted by atomic mass is 10.1. The molecule has 0 radical (unpaired) electrons. The minimum absolute atomic E-state index is 0.0293. The molecule has 0 aliphatic rings. The summed E-state index contributed by atoms with van der Waals surface area (Å²) in [6.45, 7) is 5.06. The van der Waals surface area contributed by atoms with E-state index in [1.54, 1.807) is 27.7 Å². The summed E-state index contributed by atoms with van der Waals surface area (Å²) < 4.78 is 9.72. The first kappa shape index (κ1) is 47.8. The molecule has 0 fully saturated rings. The highest BCUT2D eigenvalue weighted by atomic mass is 16.5. The number of pyridine rings is 2. The van der Waals surface area contributed by atoms with Gasteiger partial charge < -0.3 is 51.3 Å². The van der Waals surface area contributed by atoms with Crippen LogP contribution in [-0.2, 0) is 47.8 Å². The molecular weight excluding hydrogens is 812 g/mol. The number of benzene rings is 2. The molecule has 4 aromatic rings. The average Bonchev–Trinajstić information content (AvgIpc) is 3.24. The Bertz CT molecular complexity index is 2300. The highest BCUT2D eigenvalue weighted by Crippen LogP contribution is 2.20. The van der Waals surface area contributed by atoms with Crippen LogP contribution in [-0.4, -0.2) is 135 Å². The molecule has 4 amide bonds. The number of ether oxygens (including phenoxy) is 2. The number of hydrogen-bond acceptors (Lipinski definition) is 16. The van der Waals surface area contributed by atoms with E-state index in [1.807, 2.05) is 0 Å². The summed E-state index contributed by atoms with van der Waals surface area (Å²) >= 11 is 0. The Morgan fingerprint density at radius 2 is 0.919 bits per heavy atom. The molecule has 2 heterocycles. The number of Topliss-reactive ketones (excluding diaryl/α,β-unsaturated/α-hetero) is 2. The maximum Gasteiger partial charge on any atom is 0.322 e. The second-order valence-electron chi connectivity index (χ2n) is 13.8. The van der Waals surface area contributed by atoms with E-state index in [0.29, 0.717) is 11.0 Å². The predicted octanol–water partition coefficient (Wildman–Crippen LogP) is -1.97. The number of aromatic amines is 2. The number of anilines is 2. The van der Waals surface area contributed by atoms with Crippen molar-refractivity contribution in [2.45, 2.75) is 39.8 Å². The first-order valence-corrected chi connectivity index (χ1v) is 19.6. The van der Waals surface area contributed by atoms with Crippen molar-refractivity contribution >= 4 is 91.3 Å². The van der Waals surface area contributed by atoms with Crippen LogP contribution in [0.25, 0.3) is 32.8 Å². The number of H-pyrrole nitrogens is 2. The van der Waals surface area contributed by atoms with Crippen molar-refractivity contribution in [3.05, 3.63) is 56.8 Å². The van der Waals surface area contributed by atoms with Gasteiger partial charge in [0.1, 0.15) is 23.1 Å². The maximum atomic E-state index is 13.6. The van der Waals surface area contributed by atoms with Crippen LogP contribution in [0.3, 0.4) is 0 Å². The number of hydrogen-bond donors (Lipinski definition) is 10. The van der Waals surface area contributed by atoms with Gasteiger partial charge in [0, 0.05) is 22.1 Å². The number of amides is 4. The van der Waals surface area contributed by atoms with Crippen molar-refractivity contribution in [3.8, 4) is 0 Å². The predicted molar refractivity (Wildman–Crippen MR) is 227 cm³/mol. The average molecular weight is 863 g/mol. The lowest BCUT2D eigenvalue weighted by molar-refractivity contribution is -0.146. The van der Waals surface area contributed by atoms with Crippen LogP contribution >= 0.6 is 0 Å². The van der Waals surface area contributed by atoms with E-state index in [4.69, 9.17) is 9.47 Å². The van der Waals surface area contributed by atoms with Gasteiger partial charge in [0.05, 0.1) is 76.6 Å². The van der Waals surface area contributed by atoms with E-state index in [9.17, 15) is 47.9 Å². The van der Waals surface area contributed by atoms with Gasteiger partial charge in [-0.25, -0.2) is 0 Å². The van der Waals surface area contributed by atoms with E-state index >= 15 is 0 Å². The molecule has 2 aromatic carbocycles. The highest BCUT2D eigenvalue weighted by molar-refractivity contribution is 6.01. The minimum Gasteiger partial charge on any atom is -0.465 e. The maximum absolute atomic E-state index is 13.6. The van der Waals surface area contributed by atoms with Gasteiger partial charge in [0.25, 0.3) is 0 Å². The van der Waals surface area contributed by atoms with Crippen LogP contribution in [0.2, 0.25) is 0 Å². The third-order valence-corrected chi connectivity index (χ3v) is 8.92. The van der Waals surface area contributed by atoms with Crippen molar-refractivity contribution in [2.24, 2.45) is 0 Å². The molecule has 0 saturated carbocycles. The SMILES string of the molecule is CCOC(=O)[C@H](C)NCC(=O)CNCC(=O)NCC(=O)Nc1ccc2[nH]c3c(=O)c4cc(NC(=O)CNC(=O)CNCC(=O)CN[C@@H](C)C(=O)OCC)ccc4[nH]c3c(=O)c2c1. The van der Waals surface area contributed by atoms with Crippen molar-refractivity contribution in [2.75, 3.05) is 76.2 Å². The Morgan fingerprint density at radius 1 is 0.532 bits per heavy atom. The molecule has 0 spiro atoms. The number of rotatable bonds is 24. The minimum atomic E-state index is -0.671. The number of ketones is 2. The van der Waals surface area contributed by atoms with Gasteiger partial charge in [-0.1, -0.05) is 0 Å². The van der Waals surface area contributed by atoms with Gasteiger partial charge in [-0.05, 0) is 64.1 Å². The van der Waals surface area contributed by atoms with Crippen LogP contribution in [0.4, 0.5) is 11.4 Å². The summed E-state index contributed by atoms with van der Waals surface area (Å²) in [6.07, 6.45) is 0. The van der Waals surface area contributed by atoms with Gasteiger partial charge in [-0.2, -0.15) is 0 Å². The van der Waals surface area contributed by atoms with Gasteiger partial charge in [-0.3, -0.25) is 58.6 Å². The van der Waals surface area contributed by atoms with Crippen molar-refractivity contribution in [3.63, 3.8) is 0 Å². The molecule has 0 aliphatic carbocycles. The van der Waals surface area contributed by atoms with E-state index in [0.717, 1.165) is 0 Å². The van der Waals surface area contributed by atoms with Crippen molar-refractivity contribution in [1.29, 1.82) is 0 Å². The summed E-state index contributed by atoms with van der Waals surface area (Å²) in [4.78, 5) is 130. The number of carbonyl (C=O) groups is 8. The fraction of sp³-hybridized carbons (Fsp3) is 0.400. The summed E-state index contributed by atoms with van der Waals surface area (Å²) in [5.74, 6) is -3.86. The second-order valence-corrected chi connectivity index (χ2v) is 13.8. The Morgan fingerprint density at radius 3 is 1.29 bits per heavy atom. The standard InChI is InChI=1S/C40H50N10O12/c1-5-61-39(59)21(3)43-15-25(51)13-41-17-31(53)45-19-33(55)47-23-7-9-29-27(11-23)37(57)35-36(49-29)38(58)28-12-24(8-10-30(28)50-35)48-34(56)20-46-32(54)18-42-14-26(52)16-44-22(4)40(60)62-6-2/h7-12,21-22,41-44H,5-6,13-20H2,1-4H3,(H,45,53)(H,46,54)(H,47,55)(H,48,56)(H,49,57)(H,50,58)/t21-,22-/m0/s1. The van der Waals surface area contributed by atoms with E-state index in [1.165, 1.54) is 36.4 Å². The monoisotopic (exact) mass is 862 g/mol. The zero-order valence-electron chi connectivity index (χ0n) is 34.6. The molecule has 0 aliphatic heterocycles. The summed E-state index contributed by atoms with van der Waals surface area (Å²) in [5.41, 5.74) is -0.0452. The topological polar surface area (TPSA) is 317 Å². The molecule has 22 nitrogen and oxygen atoms in total. The number of esters is 2. The van der Waals surface area contributed by atoms with Crippen LogP contribution in [0.15, 0.2) is 46.0 Å². The van der Waals surface area contributed by atoms with E-state index < -0.39 is 71.6 Å². The normalized spacial score (nSPS) is 12.0. The first-order valence-electron chi connectivity index (χ1n) is 19.6. The Kier molecular flexibility index (Phi) is 17.9. The Hall–Kier alpha value is -6.88. The molecule has 62 heavy (non-hydrogen) atoms. The third kappa shape index (κ3) is 14.1. The Labute approximate surface area is 353 Å². The van der Waals surface area contributed by atoms with Gasteiger partial charge in [0.2, 0.25) is 34.5 Å². The van der Waals surface area contributed by atoms with Gasteiger partial charge >= 0.3 is 11.9 Å². The summed E-state index contributed by atoms with van der Waals surface area (Å²) in [6, 6.07) is 7.50. The van der Waals surface area contributed by atoms with Gasteiger partial charge in [0.15, 0.2) is 11.6 Å². The van der Waals surface area contributed by atoms with Crippen molar-refractivity contribution in [1.82, 2.24) is 41.9 Å². The molecular formula is C40H50N10O12. The van der Waals surface area contributed by atoms with Crippen LogP contribution in [0, 0.1) is 0 Å². The first-order chi connectivity index (χ1) is 29.6. The Balaban J connectivity index is 1.27. The molecule has 0 bridgehead atoms. The van der Waals surface area contributed by atoms with Crippen molar-refractivity contribution < 1.29 is 47.8 Å². The molecule has 0 unspecified atom stereocenters. The summed E-state index contributed by atoms with van der Waals surface area (Å²) in [7, 11) is 0. The zero-order valence-corrected chi connectivity index (χ0v) is 34.6.